The highest BCUT2D eigenvalue weighted by molar-refractivity contribution is 5.98. The standard InChI is InChI=1S/C18H21NO2/c1-12-2-5-14(6-3-12)17(20)8-9-18(21)19-16-11-13-4-7-15(16)10-13/h2-7,13,15-16H,8-11H2,1H3,(H,19,21). The number of carbonyl (C=O) groups is 2. The van der Waals surface area contributed by atoms with Crippen LogP contribution in [0.1, 0.15) is 41.6 Å². The molecule has 1 saturated carbocycles. The zero-order valence-electron chi connectivity index (χ0n) is 12.3. The third kappa shape index (κ3) is 3.23. The Morgan fingerprint density at radius 3 is 2.48 bits per heavy atom. The Labute approximate surface area is 125 Å². The van der Waals surface area contributed by atoms with E-state index >= 15 is 0 Å². The molecule has 110 valence electrons. The second kappa shape index (κ2) is 5.84. The molecule has 3 heteroatoms. The van der Waals surface area contributed by atoms with E-state index in [-0.39, 0.29) is 30.6 Å². The maximum absolute atomic E-state index is 12.0. The van der Waals surface area contributed by atoms with Gasteiger partial charge in [-0.1, -0.05) is 42.0 Å². The summed E-state index contributed by atoms with van der Waals surface area (Å²) < 4.78 is 0. The van der Waals surface area contributed by atoms with E-state index in [1.54, 1.807) is 0 Å². The Morgan fingerprint density at radius 2 is 1.86 bits per heavy atom. The fraction of sp³-hybridized carbons (Fsp3) is 0.444. The van der Waals surface area contributed by atoms with Crippen LogP contribution in [0.4, 0.5) is 0 Å². The van der Waals surface area contributed by atoms with Crippen molar-refractivity contribution in [3.8, 4) is 0 Å². The van der Waals surface area contributed by atoms with Gasteiger partial charge in [-0.3, -0.25) is 9.59 Å². The Hall–Kier alpha value is -1.90. The molecular weight excluding hydrogens is 262 g/mol. The number of hydrogen-bond donors (Lipinski definition) is 1. The van der Waals surface area contributed by atoms with Gasteiger partial charge in [0.05, 0.1) is 0 Å². The van der Waals surface area contributed by atoms with Crippen LogP contribution in [-0.4, -0.2) is 17.7 Å². The number of hydrogen-bond acceptors (Lipinski definition) is 2. The molecule has 1 N–H and O–H groups in total. The van der Waals surface area contributed by atoms with Crippen molar-refractivity contribution in [1.82, 2.24) is 5.32 Å². The number of carbonyl (C=O) groups excluding carboxylic acids is 2. The topological polar surface area (TPSA) is 46.2 Å². The molecular formula is C18H21NO2. The summed E-state index contributed by atoms with van der Waals surface area (Å²) in [5.74, 6) is 1.20. The fourth-order valence-electron chi connectivity index (χ4n) is 3.34. The molecule has 1 aromatic carbocycles. The number of aryl methyl sites for hydroxylation is 1. The van der Waals surface area contributed by atoms with E-state index in [1.807, 2.05) is 31.2 Å². The summed E-state index contributed by atoms with van der Waals surface area (Å²) in [6, 6.07) is 7.79. The molecule has 2 aliphatic rings. The Bertz CT molecular complexity index is 573. The number of amides is 1. The van der Waals surface area contributed by atoms with Crippen molar-refractivity contribution >= 4 is 11.7 Å². The predicted molar refractivity (Wildman–Crippen MR) is 82.0 cm³/mol. The third-order valence-electron chi connectivity index (χ3n) is 4.58. The first-order chi connectivity index (χ1) is 10.1. The lowest BCUT2D eigenvalue weighted by Crippen LogP contribution is -2.37. The molecule has 1 aromatic rings. The molecule has 3 rings (SSSR count). The average molecular weight is 283 g/mol. The number of ketones is 1. The highest BCUT2D eigenvalue weighted by atomic mass is 16.2. The molecule has 1 amide bonds. The lowest BCUT2D eigenvalue weighted by molar-refractivity contribution is -0.121. The molecule has 0 radical (unpaired) electrons. The molecule has 3 nitrogen and oxygen atoms in total. The summed E-state index contributed by atoms with van der Waals surface area (Å²) in [4.78, 5) is 24.0. The molecule has 21 heavy (non-hydrogen) atoms. The first-order valence-electron chi connectivity index (χ1n) is 7.69. The van der Waals surface area contributed by atoms with Crippen LogP contribution >= 0.6 is 0 Å². The highest BCUT2D eigenvalue weighted by Crippen LogP contribution is 2.38. The molecule has 0 spiro atoms. The van der Waals surface area contributed by atoms with E-state index in [0.29, 0.717) is 17.4 Å². The van der Waals surface area contributed by atoms with Crippen molar-refractivity contribution in [3.63, 3.8) is 0 Å². The van der Waals surface area contributed by atoms with Gasteiger partial charge in [0.15, 0.2) is 5.78 Å². The maximum atomic E-state index is 12.0. The largest absolute Gasteiger partial charge is 0.353 e. The Kier molecular flexibility index (Phi) is 3.91. The molecule has 0 aromatic heterocycles. The van der Waals surface area contributed by atoms with Crippen LogP contribution in [0.15, 0.2) is 36.4 Å². The fourth-order valence-corrected chi connectivity index (χ4v) is 3.34. The van der Waals surface area contributed by atoms with Crippen molar-refractivity contribution in [2.45, 2.75) is 38.6 Å². The van der Waals surface area contributed by atoms with Crippen LogP contribution in [0.5, 0.6) is 0 Å². The summed E-state index contributed by atoms with van der Waals surface area (Å²) in [6.07, 6.45) is 7.27. The minimum Gasteiger partial charge on any atom is -0.353 e. The maximum Gasteiger partial charge on any atom is 0.220 e. The molecule has 0 aliphatic heterocycles. The smallest absolute Gasteiger partial charge is 0.220 e. The van der Waals surface area contributed by atoms with E-state index < -0.39 is 0 Å². The van der Waals surface area contributed by atoms with Crippen molar-refractivity contribution in [2.24, 2.45) is 11.8 Å². The van der Waals surface area contributed by atoms with Crippen molar-refractivity contribution in [1.29, 1.82) is 0 Å². The van der Waals surface area contributed by atoms with Crippen LogP contribution in [-0.2, 0) is 4.79 Å². The minimum absolute atomic E-state index is 0.00131. The summed E-state index contributed by atoms with van der Waals surface area (Å²) in [6.45, 7) is 1.99. The summed E-state index contributed by atoms with van der Waals surface area (Å²) in [5, 5.41) is 3.08. The van der Waals surface area contributed by atoms with Crippen LogP contribution < -0.4 is 5.32 Å². The normalized spacial score (nSPS) is 26.0. The van der Waals surface area contributed by atoms with Gasteiger partial charge >= 0.3 is 0 Å². The average Bonchev–Trinajstić information content (AvgIpc) is 3.08. The molecule has 3 atom stereocenters. The first kappa shape index (κ1) is 14.1. The number of allylic oxidation sites excluding steroid dienone is 1. The number of rotatable bonds is 5. The summed E-state index contributed by atoms with van der Waals surface area (Å²) >= 11 is 0. The van der Waals surface area contributed by atoms with Crippen LogP contribution in [0.25, 0.3) is 0 Å². The minimum atomic E-state index is 0.00131. The number of benzene rings is 1. The predicted octanol–water partition coefficient (Wildman–Crippen LogP) is 3.04. The zero-order chi connectivity index (χ0) is 14.8. The third-order valence-corrected chi connectivity index (χ3v) is 4.58. The molecule has 3 unspecified atom stereocenters. The molecule has 0 heterocycles. The lowest BCUT2D eigenvalue weighted by atomic mass is 10.0. The van der Waals surface area contributed by atoms with E-state index in [1.165, 1.54) is 6.42 Å². The number of Topliss-reactive ketones (excluding diaryl/α,β-unsaturated/α-hetero) is 1. The van der Waals surface area contributed by atoms with E-state index in [2.05, 4.69) is 17.5 Å². The van der Waals surface area contributed by atoms with Gasteiger partial charge in [-0.15, -0.1) is 0 Å². The van der Waals surface area contributed by atoms with E-state index in [9.17, 15) is 9.59 Å². The van der Waals surface area contributed by atoms with Crippen LogP contribution in [0.2, 0.25) is 0 Å². The summed E-state index contributed by atoms with van der Waals surface area (Å²) in [5.41, 5.74) is 1.82. The van der Waals surface area contributed by atoms with Gasteiger partial charge in [0.2, 0.25) is 5.91 Å². The van der Waals surface area contributed by atoms with Gasteiger partial charge in [0.1, 0.15) is 0 Å². The van der Waals surface area contributed by atoms with Crippen molar-refractivity contribution < 1.29 is 9.59 Å². The zero-order valence-corrected chi connectivity index (χ0v) is 12.3. The lowest BCUT2D eigenvalue weighted by Gasteiger charge is -2.19. The SMILES string of the molecule is Cc1ccc(C(=O)CCC(=O)NC2CC3C=CC2C3)cc1. The Morgan fingerprint density at radius 1 is 1.10 bits per heavy atom. The van der Waals surface area contributed by atoms with Crippen molar-refractivity contribution in [3.05, 3.63) is 47.5 Å². The molecule has 1 fully saturated rings. The van der Waals surface area contributed by atoms with Crippen LogP contribution in [0.3, 0.4) is 0 Å². The van der Waals surface area contributed by atoms with Gasteiger partial charge in [-0.25, -0.2) is 0 Å². The molecule has 2 aliphatic carbocycles. The highest BCUT2D eigenvalue weighted by Gasteiger charge is 2.36. The number of fused-ring (bicyclic) bond motifs is 2. The second-order valence-electron chi connectivity index (χ2n) is 6.24. The van der Waals surface area contributed by atoms with Gasteiger partial charge in [0.25, 0.3) is 0 Å². The van der Waals surface area contributed by atoms with E-state index in [0.717, 1.165) is 12.0 Å². The first-order valence-corrected chi connectivity index (χ1v) is 7.69. The van der Waals surface area contributed by atoms with Crippen LogP contribution in [0, 0.1) is 18.8 Å². The van der Waals surface area contributed by atoms with Gasteiger partial charge < -0.3 is 5.32 Å². The summed E-state index contributed by atoms with van der Waals surface area (Å²) in [7, 11) is 0. The van der Waals surface area contributed by atoms with Gasteiger partial charge in [-0.05, 0) is 31.6 Å². The molecule has 0 saturated heterocycles. The monoisotopic (exact) mass is 283 g/mol. The van der Waals surface area contributed by atoms with Gasteiger partial charge in [0, 0.05) is 24.4 Å². The van der Waals surface area contributed by atoms with E-state index in [4.69, 9.17) is 0 Å². The number of nitrogens with one attached hydrogen (secondary N) is 1. The van der Waals surface area contributed by atoms with Gasteiger partial charge in [-0.2, -0.15) is 0 Å². The van der Waals surface area contributed by atoms with Crippen molar-refractivity contribution in [2.75, 3.05) is 0 Å². The molecule has 2 bridgehead atoms. The Balaban J connectivity index is 1.46. The quantitative estimate of drug-likeness (QED) is 0.667. The second-order valence-corrected chi connectivity index (χ2v) is 6.24.